The summed E-state index contributed by atoms with van der Waals surface area (Å²) in [6.45, 7) is 2.73. The van der Waals surface area contributed by atoms with E-state index >= 15 is 0 Å². The van der Waals surface area contributed by atoms with Crippen LogP contribution in [-0.2, 0) is 0 Å². The highest BCUT2D eigenvalue weighted by molar-refractivity contribution is 9.10. The Balaban J connectivity index is 2.44. The summed E-state index contributed by atoms with van der Waals surface area (Å²) in [5.74, 6) is -0.000540. The molecule has 17 heavy (non-hydrogen) atoms. The number of aryl methyl sites for hydroxylation is 1. The Hall–Kier alpha value is -0.350. The maximum Gasteiger partial charge on any atom is 0.252 e. The van der Waals surface area contributed by atoms with Crippen LogP contribution in [0.3, 0.4) is 0 Å². The van der Waals surface area contributed by atoms with Crippen molar-refractivity contribution in [3.8, 4) is 0 Å². The van der Waals surface area contributed by atoms with E-state index in [0.29, 0.717) is 5.56 Å². The summed E-state index contributed by atoms with van der Waals surface area (Å²) in [5, 5.41) is 3.97. The van der Waals surface area contributed by atoms with E-state index in [4.69, 9.17) is 0 Å². The molecule has 0 fully saturated rings. The van der Waals surface area contributed by atoms with Crippen molar-refractivity contribution in [2.24, 2.45) is 0 Å². The molecule has 1 aromatic rings. The number of halogens is 2. The van der Waals surface area contributed by atoms with E-state index < -0.39 is 0 Å². The third kappa shape index (κ3) is 4.80. The van der Waals surface area contributed by atoms with Crippen molar-refractivity contribution in [2.45, 2.75) is 26.2 Å². The van der Waals surface area contributed by atoms with Crippen LogP contribution in [0.1, 0.15) is 35.2 Å². The van der Waals surface area contributed by atoms with Gasteiger partial charge in [-0.25, -0.2) is 0 Å². The summed E-state index contributed by atoms with van der Waals surface area (Å²) in [4.78, 5) is 11.9. The van der Waals surface area contributed by atoms with Crippen molar-refractivity contribution in [1.82, 2.24) is 5.32 Å². The Bertz CT molecular complexity index is 380. The highest BCUT2D eigenvalue weighted by Gasteiger charge is 2.10. The van der Waals surface area contributed by atoms with Gasteiger partial charge in [-0.3, -0.25) is 4.79 Å². The lowest BCUT2D eigenvalue weighted by atomic mass is 10.1. The van der Waals surface area contributed by atoms with E-state index in [1.165, 1.54) is 0 Å². The van der Waals surface area contributed by atoms with E-state index in [2.05, 4.69) is 37.2 Å². The number of alkyl halides is 1. The summed E-state index contributed by atoms with van der Waals surface area (Å²) in [7, 11) is 0. The molecule has 0 aromatic heterocycles. The lowest BCUT2D eigenvalue weighted by Crippen LogP contribution is -2.24. The van der Waals surface area contributed by atoms with Crippen molar-refractivity contribution in [2.75, 3.05) is 11.9 Å². The average Bonchev–Trinajstić information content (AvgIpc) is 2.32. The molecule has 4 heteroatoms. The summed E-state index contributed by atoms with van der Waals surface area (Å²) in [6, 6.07) is 5.72. The van der Waals surface area contributed by atoms with Gasteiger partial charge >= 0.3 is 0 Å². The van der Waals surface area contributed by atoms with Gasteiger partial charge in [0.15, 0.2) is 0 Å². The smallest absolute Gasteiger partial charge is 0.252 e. The third-order valence-corrected chi connectivity index (χ3v) is 4.15. The Kier molecular flexibility index (Phi) is 6.82. The molecular formula is C13H17Br2NO. The van der Waals surface area contributed by atoms with Crippen molar-refractivity contribution >= 4 is 37.8 Å². The first-order valence-corrected chi connectivity index (χ1v) is 7.67. The van der Waals surface area contributed by atoms with Crippen LogP contribution in [0.2, 0.25) is 0 Å². The van der Waals surface area contributed by atoms with Crippen LogP contribution in [0.4, 0.5) is 0 Å². The van der Waals surface area contributed by atoms with Crippen LogP contribution in [0.25, 0.3) is 0 Å². The number of hydrogen-bond acceptors (Lipinski definition) is 1. The molecule has 0 saturated carbocycles. The van der Waals surface area contributed by atoms with Gasteiger partial charge in [-0.05, 0) is 47.3 Å². The molecule has 1 aromatic carbocycles. The second kappa shape index (κ2) is 7.88. The molecule has 0 unspecified atom stereocenters. The molecule has 0 aliphatic rings. The van der Waals surface area contributed by atoms with Crippen LogP contribution in [-0.4, -0.2) is 17.8 Å². The number of rotatable bonds is 6. The van der Waals surface area contributed by atoms with E-state index in [-0.39, 0.29) is 5.91 Å². The van der Waals surface area contributed by atoms with Crippen LogP contribution >= 0.6 is 31.9 Å². The van der Waals surface area contributed by atoms with Gasteiger partial charge in [-0.2, -0.15) is 0 Å². The number of nitrogens with one attached hydrogen (secondary N) is 1. The molecule has 2 nitrogen and oxygen atoms in total. The minimum absolute atomic E-state index is 0.000540. The lowest BCUT2D eigenvalue weighted by Gasteiger charge is -2.08. The molecule has 0 bridgehead atoms. The van der Waals surface area contributed by atoms with Crippen molar-refractivity contribution in [3.05, 3.63) is 33.8 Å². The zero-order valence-electron chi connectivity index (χ0n) is 9.93. The number of unbranched alkanes of at least 4 members (excludes halogenated alkanes) is 2. The minimum atomic E-state index is -0.000540. The Morgan fingerprint density at radius 3 is 2.76 bits per heavy atom. The fourth-order valence-electron chi connectivity index (χ4n) is 1.52. The molecule has 1 rings (SSSR count). The van der Waals surface area contributed by atoms with E-state index in [1.54, 1.807) is 0 Å². The van der Waals surface area contributed by atoms with Crippen molar-refractivity contribution in [1.29, 1.82) is 0 Å². The number of benzene rings is 1. The largest absolute Gasteiger partial charge is 0.352 e. The molecule has 1 amide bonds. The van der Waals surface area contributed by atoms with Gasteiger partial charge < -0.3 is 5.32 Å². The third-order valence-electron chi connectivity index (χ3n) is 2.53. The highest BCUT2D eigenvalue weighted by atomic mass is 79.9. The van der Waals surface area contributed by atoms with E-state index in [9.17, 15) is 4.79 Å². The monoisotopic (exact) mass is 361 g/mol. The van der Waals surface area contributed by atoms with Crippen LogP contribution in [0.5, 0.6) is 0 Å². The molecule has 0 spiro atoms. The molecule has 94 valence electrons. The number of amides is 1. The summed E-state index contributed by atoms with van der Waals surface area (Å²) in [6.07, 6.45) is 3.32. The first kappa shape index (κ1) is 14.7. The van der Waals surface area contributed by atoms with Crippen molar-refractivity contribution in [3.63, 3.8) is 0 Å². The Labute approximate surface area is 119 Å². The molecule has 0 aliphatic heterocycles. The average molecular weight is 363 g/mol. The minimum Gasteiger partial charge on any atom is -0.352 e. The Morgan fingerprint density at radius 1 is 1.29 bits per heavy atom. The molecule has 0 radical (unpaired) electrons. The van der Waals surface area contributed by atoms with Gasteiger partial charge in [-0.15, -0.1) is 0 Å². The standard InChI is InChI=1S/C13H17Br2NO/c1-10-6-5-7-11(12(10)15)13(17)16-9-4-2-3-8-14/h5-7H,2-4,8-9H2,1H3,(H,16,17). The summed E-state index contributed by atoms with van der Waals surface area (Å²) >= 11 is 6.84. The zero-order valence-corrected chi connectivity index (χ0v) is 13.1. The quantitative estimate of drug-likeness (QED) is 0.600. The summed E-state index contributed by atoms with van der Waals surface area (Å²) in [5.41, 5.74) is 1.79. The van der Waals surface area contributed by atoms with Crippen molar-refractivity contribution < 1.29 is 4.79 Å². The van der Waals surface area contributed by atoms with Gasteiger partial charge in [0.05, 0.1) is 5.56 Å². The first-order valence-electron chi connectivity index (χ1n) is 5.76. The van der Waals surface area contributed by atoms with Gasteiger partial charge in [0.25, 0.3) is 5.91 Å². The lowest BCUT2D eigenvalue weighted by molar-refractivity contribution is 0.0952. The molecule has 1 N–H and O–H groups in total. The van der Waals surface area contributed by atoms with Gasteiger partial charge in [-0.1, -0.05) is 34.5 Å². The predicted octanol–water partition coefficient (Wildman–Crippen LogP) is 4.05. The SMILES string of the molecule is Cc1cccc(C(=O)NCCCCCBr)c1Br. The molecule has 0 heterocycles. The van der Waals surface area contributed by atoms with Crippen LogP contribution < -0.4 is 5.32 Å². The zero-order chi connectivity index (χ0) is 12.7. The maximum atomic E-state index is 11.9. The fourth-order valence-corrected chi connectivity index (χ4v) is 2.36. The summed E-state index contributed by atoms with van der Waals surface area (Å²) < 4.78 is 0.887. The fraction of sp³-hybridized carbons (Fsp3) is 0.462. The van der Waals surface area contributed by atoms with E-state index in [1.807, 2.05) is 25.1 Å². The second-order valence-corrected chi connectivity index (χ2v) is 5.53. The number of carbonyl (C=O) groups excluding carboxylic acids is 1. The predicted molar refractivity (Wildman–Crippen MR) is 78.9 cm³/mol. The van der Waals surface area contributed by atoms with Crippen LogP contribution in [0, 0.1) is 6.92 Å². The number of carbonyl (C=O) groups is 1. The van der Waals surface area contributed by atoms with Gasteiger partial charge in [0.1, 0.15) is 0 Å². The van der Waals surface area contributed by atoms with Gasteiger partial charge in [0, 0.05) is 16.3 Å². The van der Waals surface area contributed by atoms with E-state index in [0.717, 1.165) is 41.2 Å². The normalized spacial score (nSPS) is 10.3. The molecule has 0 aliphatic carbocycles. The highest BCUT2D eigenvalue weighted by Crippen LogP contribution is 2.20. The second-order valence-electron chi connectivity index (χ2n) is 3.94. The molecule has 0 atom stereocenters. The maximum absolute atomic E-state index is 11.9. The topological polar surface area (TPSA) is 29.1 Å². The number of hydrogen-bond donors (Lipinski definition) is 1. The first-order chi connectivity index (χ1) is 8.16. The van der Waals surface area contributed by atoms with Crippen LogP contribution in [0.15, 0.2) is 22.7 Å². The van der Waals surface area contributed by atoms with Gasteiger partial charge in [0.2, 0.25) is 0 Å². The molecular weight excluding hydrogens is 346 g/mol. The molecule has 0 saturated heterocycles. The Morgan fingerprint density at radius 2 is 2.06 bits per heavy atom.